The lowest BCUT2D eigenvalue weighted by Gasteiger charge is -2.06. The van der Waals surface area contributed by atoms with Gasteiger partial charge in [0.25, 0.3) is 0 Å². The number of hydrogen-bond donors (Lipinski definition) is 1. The first-order chi connectivity index (χ1) is 9.85. The maximum absolute atomic E-state index is 13.5. The standard InChI is InChI=1S/C15H14FNO3S/c1-21(19,20)17-13-8-6-11(7-9-13)15(18)10-12-4-2-3-5-14(12)16/h2-9,17H,10H2,1H3. The Bertz CT molecular complexity index is 755. The van der Waals surface area contributed by atoms with E-state index in [0.717, 1.165) is 6.26 Å². The molecule has 0 spiro atoms. The minimum Gasteiger partial charge on any atom is -0.294 e. The van der Waals surface area contributed by atoms with Crippen molar-refractivity contribution < 1.29 is 17.6 Å². The summed E-state index contributed by atoms with van der Waals surface area (Å²) in [6, 6.07) is 12.1. The van der Waals surface area contributed by atoms with Crippen LogP contribution in [-0.4, -0.2) is 20.5 Å². The Morgan fingerprint density at radius 2 is 1.71 bits per heavy atom. The molecule has 0 aliphatic carbocycles. The molecule has 6 heteroatoms. The summed E-state index contributed by atoms with van der Waals surface area (Å²) in [4.78, 5) is 12.1. The average molecular weight is 307 g/mol. The summed E-state index contributed by atoms with van der Waals surface area (Å²) in [6.07, 6.45) is 1.01. The predicted octanol–water partition coefficient (Wildman–Crippen LogP) is 2.62. The summed E-state index contributed by atoms with van der Waals surface area (Å²) in [5, 5.41) is 0. The van der Waals surface area contributed by atoms with Crippen molar-refractivity contribution in [2.75, 3.05) is 11.0 Å². The first-order valence-corrected chi connectivity index (χ1v) is 8.09. The largest absolute Gasteiger partial charge is 0.294 e. The van der Waals surface area contributed by atoms with Crippen LogP contribution in [0.1, 0.15) is 15.9 Å². The fourth-order valence-electron chi connectivity index (χ4n) is 1.86. The highest BCUT2D eigenvalue weighted by atomic mass is 32.2. The third-order valence-electron chi connectivity index (χ3n) is 2.82. The normalized spacial score (nSPS) is 11.1. The summed E-state index contributed by atoms with van der Waals surface area (Å²) in [7, 11) is -3.35. The Hall–Kier alpha value is -2.21. The van der Waals surface area contributed by atoms with E-state index in [0.29, 0.717) is 16.8 Å². The third-order valence-corrected chi connectivity index (χ3v) is 3.43. The fraction of sp³-hybridized carbons (Fsp3) is 0.133. The number of hydrogen-bond acceptors (Lipinski definition) is 3. The van der Waals surface area contributed by atoms with Gasteiger partial charge in [0.15, 0.2) is 5.78 Å². The molecule has 0 saturated heterocycles. The maximum atomic E-state index is 13.5. The van der Waals surface area contributed by atoms with E-state index in [4.69, 9.17) is 0 Å². The molecule has 0 radical (unpaired) electrons. The molecule has 4 nitrogen and oxygen atoms in total. The highest BCUT2D eigenvalue weighted by molar-refractivity contribution is 7.92. The van der Waals surface area contributed by atoms with Crippen LogP contribution in [0.5, 0.6) is 0 Å². The van der Waals surface area contributed by atoms with Crippen molar-refractivity contribution in [3.8, 4) is 0 Å². The van der Waals surface area contributed by atoms with Crippen molar-refractivity contribution in [3.63, 3.8) is 0 Å². The summed E-state index contributed by atoms with van der Waals surface area (Å²) in [5.41, 5.74) is 1.11. The van der Waals surface area contributed by atoms with Gasteiger partial charge in [0.05, 0.1) is 6.26 Å². The quantitative estimate of drug-likeness (QED) is 0.864. The molecular formula is C15H14FNO3S. The van der Waals surface area contributed by atoms with E-state index in [9.17, 15) is 17.6 Å². The Morgan fingerprint density at radius 3 is 2.29 bits per heavy atom. The maximum Gasteiger partial charge on any atom is 0.229 e. The molecule has 0 amide bonds. The Balaban J connectivity index is 2.12. The van der Waals surface area contributed by atoms with E-state index < -0.39 is 15.8 Å². The summed E-state index contributed by atoms with van der Waals surface area (Å²) >= 11 is 0. The van der Waals surface area contributed by atoms with E-state index in [-0.39, 0.29) is 12.2 Å². The Kier molecular flexibility index (Phi) is 4.37. The summed E-state index contributed by atoms with van der Waals surface area (Å²) < 4.78 is 38.0. The molecule has 1 N–H and O–H groups in total. The van der Waals surface area contributed by atoms with Crippen LogP contribution in [0.15, 0.2) is 48.5 Å². The van der Waals surface area contributed by atoms with Gasteiger partial charge in [0.1, 0.15) is 5.82 Å². The van der Waals surface area contributed by atoms with Crippen LogP contribution in [0.3, 0.4) is 0 Å². The second-order valence-corrected chi connectivity index (χ2v) is 6.39. The number of ketones is 1. The van der Waals surface area contributed by atoms with Gasteiger partial charge in [-0.2, -0.15) is 0 Å². The lowest BCUT2D eigenvalue weighted by Crippen LogP contribution is -2.10. The van der Waals surface area contributed by atoms with E-state index in [1.165, 1.54) is 30.3 Å². The molecule has 2 rings (SSSR count). The van der Waals surface area contributed by atoms with Crippen LogP contribution in [0.4, 0.5) is 10.1 Å². The molecular weight excluding hydrogens is 293 g/mol. The van der Waals surface area contributed by atoms with Gasteiger partial charge in [-0.1, -0.05) is 18.2 Å². The predicted molar refractivity (Wildman–Crippen MR) is 79.3 cm³/mol. The minimum atomic E-state index is -3.35. The van der Waals surface area contributed by atoms with Crippen molar-refractivity contribution in [2.45, 2.75) is 6.42 Å². The van der Waals surface area contributed by atoms with Gasteiger partial charge in [0, 0.05) is 17.7 Å². The molecule has 0 fully saturated rings. The molecule has 21 heavy (non-hydrogen) atoms. The average Bonchev–Trinajstić information content (AvgIpc) is 2.40. The number of nitrogens with one attached hydrogen (secondary N) is 1. The molecule has 0 aliphatic heterocycles. The zero-order valence-corrected chi connectivity index (χ0v) is 12.2. The van der Waals surface area contributed by atoms with Gasteiger partial charge in [0.2, 0.25) is 10.0 Å². The SMILES string of the molecule is CS(=O)(=O)Nc1ccc(C(=O)Cc2ccccc2F)cc1. The van der Waals surface area contributed by atoms with E-state index in [1.54, 1.807) is 18.2 Å². The van der Waals surface area contributed by atoms with Crippen molar-refractivity contribution >= 4 is 21.5 Å². The molecule has 0 aliphatic rings. The van der Waals surface area contributed by atoms with E-state index in [1.807, 2.05) is 0 Å². The first-order valence-electron chi connectivity index (χ1n) is 6.19. The van der Waals surface area contributed by atoms with Gasteiger partial charge in [-0.05, 0) is 35.9 Å². The highest BCUT2D eigenvalue weighted by Gasteiger charge is 2.10. The molecule has 0 atom stereocenters. The third kappa shape index (κ3) is 4.39. The van der Waals surface area contributed by atoms with Crippen molar-refractivity contribution in [1.29, 1.82) is 0 Å². The molecule has 0 bridgehead atoms. The molecule has 110 valence electrons. The molecule has 0 aromatic heterocycles. The molecule has 0 heterocycles. The van der Waals surface area contributed by atoms with Crippen LogP contribution in [0.2, 0.25) is 0 Å². The van der Waals surface area contributed by atoms with Gasteiger partial charge in [-0.15, -0.1) is 0 Å². The lowest BCUT2D eigenvalue weighted by molar-refractivity contribution is 0.0992. The second kappa shape index (κ2) is 6.05. The fourth-order valence-corrected chi connectivity index (χ4v) is 2.42. The smallest absolute Gasteiger partial charge is 0.229 e. The van der Waals surface area contributed by atoms with Crippen molar-refractivity contribution in [2.24, 2.45) is 0 Å². The topological polar surface area (TPSA) is 63.2 Å². The summed E-state index contributed by atoms with van der Waals surface area (Å²) in [6.45, 7) is 0. The van der Waals surface area contributed by atoms with Crippen LogP contribution >= 0.6 is 0 Å². The highest BCUT2D eigenvalue weighted by Crippen LogP contribution is 2.14. The number of rotatable bonds is 5. The number of carbonyl (C=O) groups is 1. The van der Waals surface area contributed by atoms with E-state index in [2.05, 4.69) is 4.72 Å². The summed E-state index contributed by atoms with van der Waals surface area (Å²) in [5.74, 6) is -0.646. The van der Waals surface area contributed by atoms with E-state index >= 15 is 0 Å². The molecule has 2 aromatic carbocycles. The van der Waals surface area contributed by atoms with Crippen molar-refractivity contribution in [1.82, 2.24) is 0 Å². The lowest BCUT2D eigenvalue weighted by atomic mass is 10.0. The minimum absolute atomic E-state index is 0.0362. The second-order valence-electron chi connectivity index (χ2n) is 4.64. The number of anilines is 1. The number of benzene rings is 2. The van der Waals surface area contributed by atoms with Gasteiger partial charge >= 0.3 is 0 Å². The number of halogens is 1. The van der Waals surface area contributed by atoms with Crippen LogP contribution in [0, 0.1) is 5.82 Å². The molecule has 2 aromatic rings. The van der Waals surface area contributed by atoms with Gasteiger partial charge in [-0.25, -0.2) is 12.8 Å². The zero-order chi connectivity index (χ0) is 15.5. The van der Waals surface area contributed by atoms with Crippen LogP contribution in [0.25, 0.3) is 0 Å². The van der Waals surface area contributed by atoms with Crippen LogP contribution in [-0.2, 0) is 16.4 Å². The van der Waals surface area contributed by atoms with Crippen molar-refractivity contribution in [3.05, 3.63) is 65.5 Å². The number of sulfonamides is 1. The number of carbonyl (C=O) groups excluding carboxylic acids is 1. The molecule has 0 saturated carbocycles. The van der Waals surface area contributed by atoms with Gasteiger partial charge in [-0.3, -0.25) is 9.52 Å². The first kappa shape index (κ1) is 15.2. The van der Waals surface area contributed by atoms with Gasteiger partial charge < -0.3 is 0 Å². The monoisotopic (exact) mass is 307 g/mol. The molecule has 0 unspecified atom stereocenters. The number of Topliss-reactive ketones (excluding diaryl/α,β-unsaturated/α-hetero) is 1. The Labute approximate surface area is 122 Å². The Morgan fingerprint density at radius 1 is 1.10 bits per heavy atom. The zero-order valence-electron chi connectivity index (χ0n) is 11.3. The van der Waals surface area contributed by atoms with Crippen LogP contribution < -0.4 is 4.72 Å².